The van der Waals surface area contributed by atoms with Gasteiger partial charge in [-0.1, -0.05) is 12.1 Å². The Balaban J connectivity index is 2.51. The SMILES string of the molecule is COC(C)CCC(=O)Nc1cccc(C(C)N)c1. The molecule has 0 fully saturated rings. The highest BCUT2D eigenvalue weighted by atomic mass is 16.5. The first-order chi connectivity index (χ1) is 8.52. The van der Waals surface area contributed by atoms with Gasteiger partial charge in [-0.05, 0) is 38.0 Å². The van der Waals surface area contributed by atoms with Crippen LogP contribution in [0.3, 0.4) is 0 Å². The fourth-order valence-electron chi connectivity index (χ4n) is 1.58. The molecule has 3 N–H and O–H groups in total. The van der Waals surface area contributed by atoms with E-state index < -0.39 is 0 Å². The molecule has 0 saturated carbocycles. The van der Waals surface area contributed by atoms with Gasteiger partial charge in [0, 0.05) is 25.3 Å². The van der Waals surface area contributed by atoms with Crippen molar-refractivity contribution >= 4 is 11.6 Å². The molecule has 4 heteroatoms. The van der Waals surface area contributed by atoms with Crippen LogP contribution < -0.4 is 11.1 Å². The number of benzene rings is 1. The summed E-state index contributed by atoms with van der Waals surface area (Å²) in [7, 11) is 1.65. The Kier molecular flexibility index (Phi) is 5.82. The topological polar surface area (TPSA) is 64.3 Å². The van der Waals surface area contributed by atoms with Crippen LogP contribution in [-0.2, 0) is 9.53 Å². The molecule has 0 spiro atoms. The normalized spacial score (nSPS) is 14.0. The molecule has 100 valence electrons. The highest BCUT2D eigenvalue weighted by molar-refractivity contribution is 5.90. The van der Waals surface area contributed by atoms with E-state index in [1.165, 1.54) is 0 Å². The van der Waals surface area contributed by atoms with Gasteiger partial charge in [0.2, 0.25) is 5.91 Å². The number of methoxy groups -OCH3 is 1. The Morgan fingerprint density at radius 3 is 2.78 bits per heavy atom. The number of amides is 1. The number of hydrogen-bond acceptors (Lipinski definition) is 3. The molecule has 1 rings (SSSR count). The van der Waals surface area contributed by atoms with Crippen molar-refractivity contribution in [2.75, 3.05) is 12.4 Å². The van der Waals surface area contributed by atoms with Crippen molar-refractivity contribution in [2.45, 2.75) is 38.8 Å². The lowest BCUT2D eigenvalue weighted by molar-refractivity contribution is -0.116. The molecule has 0 bridgehead atoms. The fraction of sp³-hybridized carbons (Fsp3) is 0.500. The number of nitrogens with one attached hydrogen (secondary N) is 1. The zero-order chi connectivity index (χ0) is 13.5. The van der Waals surface area contributed by atoms with Crippen LogP contribution in [0, 0.1) is 0 Å². The lowest BCUT2D eigenvalue weighted by Crippen LogP contribution is -2.15. The summed E-state index contributed by atoms with van der Waals surface area (Å²) < 4.78 is 5.10. The summed E-state index contributed by atoms with van der Waals surface area (Å²) in [5, 5.41) is 2.87. The predicted octanol–water partition coefficient (Wildman–Crippen LogP) is 2.46. The second-order valence-corrected chi connectivity index (χ2v) is 4.55. The minimum absolute atomic E-state index is 0.000671. The van der Waals surface area contributed by atoms with Crippen molar-refractivity contribution in [3.63, 3.8) is 0 Å². The Morgan fingerprint density at radius 1 is 1.44 bits per heavy atom. The van der Waals surface area contributed by atoms with E-state index in [4.69, 9.17) is 10.5 Å². The van der Waals surface area contributed by atoms with E-state index >= 15 is 0 Å². The Morgan fingerprint density at radius 2 is 2.17 bits per heavy atom. The smallest absolute Gasteiger partial charge is 0.224 e. The van der Waals surface area contributed by atoms with E-state index in [0.717, 1.165) is 17.7 Å². The maximum Gasteiger partial charge on any atom is 0.224 e. The van der Waals surface area contributed by atoms with Gasteiger partial charge < -0.3 is 15.8 Å². The molecule has 2 atom stereocenters. The monoisotopic (exact) mass is 250 g/mol. The van der Waals surface area contributed by atoms with Crippen molar-refractivity contribution in [2.24, 2.45) is 5.73 Å². The third kappa shape index (κ3) is 4.85. The molecule has 1 amide bonds. The molecule has 1 aromatic rings. The molecule has 0 aromatic heterocycles. The van der Waals surface area contributed by atoms with Crippen LogP contribution in [0.5, 0.6) is 0 Å². The van der Waals surface area contributed by atoms with Crippen LogP contribution in [0.15, 0.2) is 24.3 Å². The van der Waals surface area contributed by atoms with Crippen LogP contribution >= 0.6 is 0 Å². The van der Waals surface area contributed by atoms with E-state index in [9.17, 15) is 4.79 Å². The molecule has 0 aliphatic rings. The van der Waals surface area contributed by atoms with Crippen LogP contribution in [0.25, 0.3) is 0 Å². The number of carbonyl (C=O) groups excluding carboxylic acids is 1. The zero-order valence-corrected chi connectivity index (χ0v) is 11.3. The minimum Gasteiger partial charge on any atom is -0.382 e. The number of anilines is 1. The molecular weight excluding hydrogens is 228 g/mol. The molecular formula is C14H22N2O2. The first kappa shape index (κ1) is 14.7. The molecule has 4 nitrogen and oxygen atoms in total. The maximum atomic E-state index is 11.7. The van der Waals surface area contributed by atoms with E-state index in [1.54, 1.807) is 7.11 Å². The van der Waals surface area contributed by atoms with Crippen LogP contribution in [0.1, 0.15) is 38.3 Å². The average Bonchev–Trinajstić information content (AvgIpc) is 2.36. The van der Waals surface area contributed by atoms with Gasteiger partial charge in [0.05, 0.1) is 6.10 Å². The van der Waals surface area contributed by atoms with Gasteiger partial charge in [-0.2, -0.15) is 0 Å². The second kappa shape index (κ2) is 7.13. The van der Waals surface area contributed by atoms with Gasteiger partial charge in [0.1, 0.15) is 0 Å². The highest BCUT2D eigenvalue weighted by Gasteiger charge is 2.07. The Labute approximate surface area is 109 Å². The van der Waals surface area contributed by atoms with Gasteiger partial charge in [-0.15, -0.1) is 0 Å². The number of hydrogen-bond donors (Lipinski definition) is 2. The van der Waals surface area contributed by atoms with Gasteiger partial charge in [-0.25, -0.2) is 0 Å². The van der Waals surface area contributed by atoms with Crippen LogP contribution in [0.2, 0.25) is 0 Å². The van der Waals surface area contributed by atoms with Gasteiger partial charge in [0.15, 0.2) is 0 Å². The summed E-state index contributed by atoms with van der Waals surface area (Å²) >= 11 is 0. The summed E-state index contributed by atoms with van der Waals surface area (Å²) in [6.45, 7) is 3.87. The Hall–Kier alpha value is -1.39. The average molecular weight is 250 g/mol. The number of carbonyl (C=O) groups is 1. The summed E-state index contributed by atoms with van der Waals surface area (Å²) in [6, 6.07) is 7.58. The largest absolute Gasteiger partial charge is 0.382 e. The quantitative estimate of drug-likeness (QED) is 0.815. The molecule has 0 radical (unpaired) electrons. The van der Waals surface area contributed by atoms with Crippen molar-refractivity contribution in [1.82, 2.24) is 0 Å². The van der Waals surface area contributed by atoms with Gasteiger partial charge in [0.25, 0.3) is 0 Å². The number of rotatable bonds is 6. The lowest BCUT2D eigenvalue weighted by atomic mass is 10.1. The summed E-state index contributed by atoms with van der Waals surface area (Å²) in [5.41, 5.74) is 7.60. The van der Waals surface area contributed by atoms with E-state index in [-0.39, 0.29) is 18.1 Å². The molecule has 18 heavy (non-hydrogen) atoms. The molecule has 0 saturated heterocycles. The van der Waals surface area contributed by atoms with Crippen molar-refractivity contribution in [3.05, 3.63) is 29.8 Å². The summed E-state index contributed by atoms with van der Waals surface area (Å²) in [4.78, 5) is 11.7. The first-order valence-corrected chi connectivity index (χ1v) is 6.21. The lowest BCUT2D eigenvalue weighted by Gasteiger charge is -2.11. The summed E-state index contributed by atoms with van der Waals surface area (Å²) in [6.07, 6.45) is 1.28. The van der Waals surface area contributed by atoms with Crippen LogP contribution in [-0.4, -0.2) is 19.1 Å². The third-order valence-electron chi connectivity index (χ3n) is 2.88. The highest BCUT2D eigenvalue weighted by Crippen LogP contribution is 2.16. The predicted molar refractivity (Wildman–Crippen MR) is 73.4 cm³/mol. The minimum atomic E-state index is -0.0321. The van der Waals surface area contributed by atoms with Crippen molar-refractivity contribution in [3.8, 4) is 0 Å². The molecule has 1 aromatic carbocycles. The van der Waals surface area contributed by atoms with Gasteiger partial charge >= 0.3 is 0 Å². The third-order valence-corrected chi connectivity index (χ3v) is 2.88. The molecule has 0 aliphatic heterocycles. The first-order valence-electron chi connectivity index (χ1n) is 6.21. The molecule has 0 aliphatic carbocycles. The zero-order valence-electron chi connectivity index (χ0n) is 11.3. The Bertz CT molecular complexity index is 391. The standard InChI is InChI=1S/C14H22N2O2/c1-10(18-3)7-8-14(17)16-13-6-4-5-12(9-13)11(2)15/h4-6,9-11H,7-8,15H2,1-3H3,(H,16,17). The van der Waals surface area contributed by atoms with Crippen LogP contribution in [0.4, 0.5) is 5.69 Å². The second-order valence-electron chi connectivity index (χ2n) is 4.55. The number of ether oxygens (including phenoxy) is 1. The van der Waals surface area contributed by atoms with Crippen molar-refractivity contribution in [1.29, 1.82) is 0 Å². The van der Waals surface area contributed by atoms with E-state index in [1.807, 2.05) is 38.1 Å². The van der Waals surface area contributed by atoms with Crippen molar-refractivity contribution < 1.29 is 9.53 Å². The van der Waals surface area contributed by atoms with E-state index in [2.05, 4.69) is 5.32 Å². The van der Waals surface area contributed by atoms with E-state index in [0.29, 0.717) is 6.42 Å². The number of nitrogens with two attached hydrogens (primary N) is 1. The van der Waals surface area contributed by atoms with Gasteiger partial charge in [-0.3, -0.25) is 4.79 Å². The molecule has 0 heterocycles. The molecule has 2 unspecified atom stereocenters. The fourth-order valence-corrected chi connectivity index (χ4v) is 1.58. The summed E-state index contributed by atoms with van der Waals surface area (Å²) in [5.74, 6) is 0.000671. The maximum absolute atomic E-state index is 11.7.